The average Bonchev–Trinajstić information content (AvgIpc) is 4.01. The molecule has 71 heavy (non-hydrogen) atoms. The molecule has 5 heteroatoms. The minimum Gasteiger partial charge on any atom is -0.455 e. The maximum Gasteiger partial charge on any atom is 0.143 e. The van der Waals surface area contributed by atoms with E-state index < -0.39 is 0 Å². The third kappa shape index (κ3) is 7.85. The summed E-state index contributed by atoms with van der Waals surface area (Å²) in [5.74, 6) is 0. The summed E-state index contributed by atoms with van der Waals surface area (Å²) in [4.78, 5) is 7.00. The Morgan fingerprint density at radius 3 is 1.27 bits per heavy atom. The van der Waals surface area contributed by atoms with E-state index in [1.807, 2.05) is 23.5 Å². The molecule has 0 aliphatic rings. The molecule has 13 aromatic rings. The number of hydrogen-bond donors (Lipinski definition) is 0. The number of para-hydroxylation sites is 6. The predicted octanol–water partition coefficient (Wildman–Crippen LogP) is 19.7. The normalized spacial score (nSPS) is 11.4. The van der Waals surface area contributed by atoms with Crippen LogP contribution in [0.25, 0.3) is 64.4 Å². The van der Waals surface area contributed by atoms with Crippen molar-refractivity contribution in [3.05, 3.63) is 273 Å². The number of fused-ring (bicyclic) bond motifs is 6. The summed E-state index contributed by atoms with van der Waals surface area (Å²) in [6.07, 6.45) is 0. The van der Waals surface area contributed by atoms with E-state index in [0.29, 0.717) is 0 Å². The third-order valence-electron chi connectivity index (χ3n) is 13.4. The van der Waals surface area contributed by atoms with Crippen LogP contribution in [0.15, 0.2) is 277 Å². The van der Waals surface area contributed by atoms with Crippen LogP contribution in [0.2, 0.25) is 0 Å². The van der Waals surface area contributed by atoms with Gasteiger partial charge < -0.3 is 19.1 Å². The zero-order chi connectivity index (χ0) is 47.1. The van der Waals surface area contributed by atoms with Gasteiger partial charge in [0, 0.05) is 87.7 Å². The fraction of sp³-hybridized carbons (Fsp3) is 0. The van der Waals surface area contributed by atoms with E-state index in [1.165, 1.54) is 25.7 Å². The molecule has 0 saturated carbocycles. The Morgan fingerprint density at radius 2 is 0.690 bits per heavy atom. The molecule has 0 saturated heterocycles. The standard InChI is InChI=1S/C66H45N3OS/c1-5-17-49(18-6-1)67(50-19-7-2-8-20-50)55-25-15-26-56(44-55)69(54-38-33-47(34-39-54)58-28-16-29-61-59-27-13-14-30-63(59)70-66(58)61)53-36-31-46(32-37-53)48-35-42-64-62(43-48)60-41-40-57(45-65(60)71-64)68(51-21-9-3-10-22-51)52-23-11-4-12-24-52/h1-45H. The molecule has 2 aromatic heterocycles. The highest BCUT2D eigenvalue weighted by molar-refractivity contribution is 7.25. The van der Waals surface area contributed by atoms with Crippen molar-refractivity contribution in [3.8, 4) is 22.3 Å². The minimum absolute atomic E-state index is 0.897. The fourth-order valence-electron chi connectivity index (χ4n) is 10.1. The largest absolute Gasteiger partial charge is 0.455 e. The molecule has 0 amide bonds. The topological polar surface area (TPSA) is 22.9 Å². The second kappa shape index (κ2) is 18.1. The molecule has 0 aliphatic heterocycles. The molecule has 0 unspecified atom stereocenters. The molecule has 0 radical (unpaired) electrons. The number of nitrogens with zero attached hydrogens (tertiary/aromatic N) is 3. The lowest BCUT2D eigenvalue weighted by molar-refractivity contribution is 0.670. The van der Waals surface area contributed by atoms with Crippen molar-refractivity contribution < 1.29 is 4.42 Å². The number of rotatable bonds is 11. The van der Waals surface area contributed by atoms with Crippen molar-refractivity contribution in [3.63, 3.8) is 0 Å². The van der Waals surface area contributed by atoms with E-state index in [9.17, 15) is 0 Å². The lowest BCUT2D eigenvalue weighted by atomic mass is 10.0. The predicted molar refractivity (Wildman–Crippen MR) is 302 cm³/mol. The monoisotopic (exact) mass is 927 g/mol. The Kier molecular flexibility index (Phi) is 10.7. The van der Waals surface area contributed by atoms with Gasteiger partial charge in [-0.05, 0) is 138 Å². The first-order valence-corrected chi connectivity index (χ1v) is 24.8. The number of furan rings is 1. The SMILES string of the molecule is c1ccc(N(c2ccccc2)c2cccc(N(c3ccc(-c4ccc5sc6cc(N(c7ccccc7)c7ccccc7)ccc6c5c4)cc3)c3ccc(-c4cccc5c4oc4ccccc45)cc3)c2)cc1. The Balaban J connectivity index is 0.880. The molecular weight excluding hydrogens is 883 g/mol. The van der Waals surface area contributed by atoms with Gasteiger partial charge in [0.05, 0.1) is 0 Å². The highest BCUT2D eigenvalue weighted by Gasteiger charge is 2.20. The van der Waals surface area contributed by atoms with Gasteiger partial charge in [0.1, 0.15) is 11.2 Å². The summed E-state index contributed by atoms with van der Waals surface area (Å²) in [5, 5.41) is 4.78. The van der Waals surface area contributed by atoms with Crippen molar-refractivity contribution in [1.29, 1.82) is 0 Å². The summed E-state index contributed by atoms with van der Waals surface area (Å²) in [6.45, 7) is 0. The van der Waals surface area contributed by atoms with E-state index in [2.05, 4.69) is 276 Å². The fourth-order valence-corrected chi connectivity index (χ4v) is 11.2. The van der Waals surface area contributed by atoms with Crippen LogP contribution < -0.4 is 14.7 Å². The van der Waals surface area contributed by atoms with Crippen molar-refractivity contribution in [2.45, 2.75) is 0 Å². The molecule has 336 valence electrons. The molecule has 0 spiro atoms. The van der Waals surface area contributed by atoms with Crippen LogP contribution in [0.3, 0.4) is 0 Å². The zero-order valence-corrected chi connectivity index (χ0v) is 39.5. The van der Waals surface area contributed by atoms with Crippen LogP contribution in [0.4, 0.5) is 51.2 Å². The lowest BCUT2D eigenvalue weighted by Crippen LogP contribution is -2.13. The molecule has 4 nitrogen and oxygen atoms in total. The Morgan fingerprint density at radius 1 is 0.254 bits per heavy atom. The van der Waals surface area contributed by atoms with E-state index >= 15 is 0 Å². The molecule has 0 atom stereocenters. The van der Waals surface area contributed by atoms with E-state index in [-0.39, 0.29) is 0 Å². The Labute approximate surface area is 416 Å². The second-order valence-corrected chi connectivity index (χ2v) is 18.8. The molecule has 0 bridgehead atoms. The smallest absolute Gasteiger partial charge is 0.143 e. The van der Waals surface area contributed by atoms with Crippen LogP contribution in [0.1, 0.15) is 0 Å². The molecule has 2 heterocycles. The number of hydrogen-bond acceptors (Lipinski definition) is 5. The first kappa shape index (κ1) is 42.0. The Hall–Kier alpha value is -9.16. The van der Waals surface area contributed by atoms with Gasteiger partial charge >= 0.3 is 0 Å². The third-order valence-corrected chi connectivity index (χ3v) is 14.5. The zero-order valence-electron chi connectivity index (χ0n) is 38.6. The van der Waals surface area contributed by atoms with Gasteiger partial charge in [-0.1, -0.05) is 152 Å². The van der Waals surface area contributed by atoms with Crippen LogP contribution in [-0.2, 0) is 0 Å². The molecule has 11 aromatic carbocycles. The number of thiophene rings is 1. The van der Waals surface area contributed by atoms with Gasteiger partial charge in [-0.2, -0.15) is 0 Å². The van der Waals surface area contributed by atoms with Gasteiger partial charge in [0.25, 0.3) is 0 Å². The average molecular weight is 928 g/mol. The first-order valence-electron chi connectivity index (χ1n) is 24.0. The van der Waals surface area contributed by atoms with Gasteiger partial charge in [0.15, 0.2) is 0 Å². The van der Waals surface area contributed by atoms with Gasteiger partial charge in [-0.15, -0.1) is 11.3 Å². The maximum absolute atomic E-state index is 6.48. The van der Waals surface area contributed by atoms with Crippen molar-refractivity contribution in [2.24, 2.45) is 0 Å². The quantitative estimate of drug-likeness (QED) is 0.129. The van der Waals surface area contributed by atoms with Crippen molar-refractivity contribution in [2.75, 3.05) is 14.7 Å². The molecule has 0 aliphatic carbocycles. The second-order valence-electron chi connectivity index (χ2n) is 17.7. The minimum atomic E-state index is 0.897. The number of anilines is 9. The van der Waals surface area contributed by atoms with Crippen LogP contribution in [0.5, 0.6) is 0 Å². The molecule has 0 N–H and O–H groups in total. The van der Waals surface area contributed by atoms with E-state index in [1.54, 1.807) is 0 Å². The Bertz CT molecular complexity index is 3900. The lowest BCUT2D eigenvalue weighted by Gasteiger charge is -2.29. The van der Waals surface area contributed by atoms with Crippen LogP contribution >= 0.6 is 11.3 Å². The van der Waals surface area contributed by atoms with Crippen molar-refractivity contribution >= 4 is 105 Å². The van der Waals surface area contributed by atoms with E-state index in [0.717, 1.165) is 89.8 Å². The molecule has 13 rings (SSSR count). The van der Waals surface area contributed by atoms with Gasteiger partial charge in [-0.3, -0.25) is 0 Å². The van der Waals surface area contributed by atoms with Crippen LogP contribution in [-0.4, -0.2) is 0 Å². The van der Waals surface area contributed by atoms with Gasteiger partial charge in [-0.25, -0.2) is 0 Å². The molecule has 0 fully saturated rings. The molecular formula is C66H45N3OS. The summed E-state index contributed by atoms with van der Waals surface area (Å²) >= 11 is 1.85. The number of benzene rings is 11. The maximum atomic E-state index is 6.48. The summed E-state index contributed by atoms with van der Waals surface area (Å²) in [6, 6.07) is 97.6. The van der Waals surface area contributed by atoms with Crippen molar-refractivity contribution in [1.82, 2.24) is 0 Å². The summed E-state index contributed by atoms with van der Waals surface area (Å²) in [5.41, 5.74) is 16.1. The van der Waals surface area contributed by atoms with Gasteiger partial charge in [0.2, 0.25) is 0 Å². The summed E-state index contributed by atoms with van der Waals surface area (Å²) in [7, 11) is 0. The highest BCUT2D eigenvalue weighted by Crippen LogP contribution is 2.45. The summed E-state index contributed by atoms with van der Waals surface area (Å²) < 4.78 is 9.01. The first-order chi connectivity index (χ1) is 35.2. The van der Waals surface area contributed by atoms with E-state index in [4.69, 9.17) is 4.42 Å². The highest BCUT2D eigenvalue weighted by atomic mass is 32.1. The van der Waals surface area contributed by atoms with Crippen LogP contribution in [0, 0.1) is 0 Å².